The van der Waals surface area contributed by atoms with Crippen molar-refractivity contribution < 1.29 is 14.4 Å². The van der Waals surface area contributed by atoms with Crippen molar-refractivity contribution in [2.24, 2.45) is 0 Å². The normalized spacial score (nSPS) is 18.4. The van der Waals surface area contributed by atoms with Crippen molar-refractivity contribution in [3.63, 3.8) is 0 Å². The van der Waals surface area contributed by atoms with E-state index in [1.54, 1.807) is 4.90 Å². The summed E-state index contributed by atoms with van der Waals surface area (Å²) in [7, 11) is 0. The molecule has 1 aliphatic heterocycles. The second-order valence-electron chi connectivity index (χ2n) is 4.47. The number of carbonyl (C=O) groups excluding carboxylic acids is 1. The summed E-state index contributed by atoms with van der Waals surface area (Å²) in [5.74, 6) is 6.04. The van der Waals surface area contributed by atoms with Crippen LogP contribution in [-0.2, 0) is 9.53 Å². The van der Waals surface area contributed by atoms with Crippen LogP contribution in [0.1, 0.15) is 39.5 Å². The van der Waals surface area contributed by atoms with E-state index in [0.29, 0.717) is 6.42 Å². The minimum atomic E-state index is -0.226. The number of ether oxygens (including phenoxy) is 1. The second kappa shape index (κ2) is 7.29. The van der Waals surface area contributed by atoms with E-state index >= 15 is 0 Å². The third-order valence-electron chi connectivity index (χ3n) is 2.78. The van der Waals surface area contributed by atoms with Crippen molar-refractivity contribution in [3.05, 3.63) is 0 Å². The van der Waals surface area contributed by atoms with Gasteiger partial charge in [-0.05, 0) is 32.1 Å². The largest absolute Gasteiger partial charge is 0.462 e. The molecule has 0 bridgehead atoms. The van der Waals surface area contributed by atoms with E-state index in [9.17, 15) is 4.79 Å². The molecule has 1 aliphatic rings. The molecule has 3 heteroatoms. The minimum Gasteiger partial charge on any atom is -0.462 e. The van der Waals surface area contributed by atoms with Gasteiger partial charge < -0.3 is 9.64 Å². The first kappa shape index (κ1) is 13.1. The van der Waals surface area contributed by atoms with Gasteiger partial charge in [0, 0.05) is 13.3 Å². The van der Waals surface area contributed by atoms with E-state index in [2.05, 4.69) is 11.8 Å². The van der Waals surface area contributed by atoms with Gasteiger partial charge in [0.15, 0.2) is 0 Å². The molecule has 0 aromatic carbocycles. The molecule has 1 N–H and O–H groups in total. The second-order valence-corrected chi connectivity index (χ2v) is 4.47. The monoisotopic (exact) mass is 224 g/mol. The third kappa shape index (κ3) is 5.77. The molecule has 1 rings (SSSR count). The zero-order valence-corrected chi connectivity index (χ0v) is 10.3. The van der Waals surface area contributed by atoms with Crippen LogP contribution in [-0.4, -0.2) is 31.7 Å². The summed E-state index contributed by atoms with van der Waals surface area (Å²) in [4.78, 5) is 12.3. The highest BCUT2D eigenvalue weighted by Gasteiger charge is 2.11. The lowest BCUT2D eigenvalue weighted by Gasteiger charge is -2.20. The average Bonchev–Trinajstić information content (AvgIpc) is 2.25. The lowest BCUT2D eigenvalue weighted by Crippen LogP contribution is -3.12. The zero-order chi connectivity index (χ0) is 11.8. The lowest BCUT2D eigenvalue weighted by molar-refractivity contribution is -0.897. The molecule has 1 heterocycles. The van der Waals surface area contributed by atoms with Crippen LogP contribution in [0, 0.1) is 11.8 Å². The number of carbonyl (C=O) groups is 1. The number of hydrogen-bond donors (Lipinski definition) is 1. The van der Waals surface area contributed by atoms with Gasteiger partial charge in [0.1, 0.15) is 12.6 Å². The Hall–Kier alpha value is -1.01. The average molecular weight is 224 g/mol. The Morgan fingerprint density at radius 1 is 1.31 bits per heavy atom. The fourth-order valence-corrected chi connectivity index (χ4v) is 1.96. The number of nitrogens with one attached hydrogen (secondary N) is 1. The van der Waals surface area contributed by atoms with Crippen molar-refractivity contribution >= 4 is 5.97 Å². The van der Waals surface area contributed by atoms with Crippen LogP contribution in [0.3, 0.4) is 0 Å². The SMILES string of the molecule is CC(=O)O[C@@H](C)CC#CC[NH+]1CCCCC1. The van der Waals surface area contributed by atoms with E-state index in [1.165, 1.54) is 39.3 Å². The van der Waals surface area contributed by atoms with Gasteiger partial charge in [0.05, 0.1) is 13.1 Å². The molecule has 0 aliphatic carbocycles. The van der Waals surface area contributed by atoms with Gasteiger partial charge in [0.25, 0.3) is 0 Å². The first-order chi connectivity index (χ1) is 7.68. The van der Waals surface area contributed by atoms with Crippen LogP contribution in [0.2, 0.25) is 0 Å². The highest BCUT2D eigenvalue weighted by Crippen LogP contribution is 1.96. The molecule has 1 atom stereocenters. The van der Waals surface area contributed by atoms with Crippen molar-refractivity contribution in [3.8, 4) is 11.8 Å². The smallest absolute Gasteiger partial charge is 0.302 e. The molecule has 1 fully saturated rings. The fourth-order valence-electron chi connectivity index (χ4n) is 1.96. The van der Waals surface area contributed by atoms with E-state index in [-0.39, 0.29) is 12.1 Å². The number of piperidine rings is 1. The highest BCUT2D eigenvalue weighted by atomic mass is 16.5. The molecule has 16 heavy (non-hydrogen) atoms. The van der Waals surface area contributed by atoms with E-state index < -0.39 is 0 Å². The number of rotatable bonds is 3. The molecule has 0 spiro atoms. The number of hydrogen-bond acceptors (Lipinski definition) is 2. The van der Waals surface area contributed by atoms with Gasteiger partial charge in [-0.25, -0.2) is 0 Å². The highest BCUT2D eigenvalue weighted by molar-refractivity contribution is 5.66. The summed E-state index contributed by atoms with van der Waals surface area (Å²) < 4.78 is 4.99. The van der Waals surface area contributed by atoms with E-state index in [0.717, 1.165) is 6.54 Å². The Bertz CT molecular complexity index is 271. The van der Waals surface area contributed by atoms with Gasteiger partial charge in [0.2, 0.25) is 0 Å². The van der Waals surface area contributed by atoms with Crippen molar-refractivity contribution in [2.45, 2.75) is 45.6 Å². The fraction of sp³-hybridized carbons (Fsp3) is 0.769. The Morgan fingerprint density at radius 2 is 2.00 bits per heavy atom. The molecule has 0 radical (unpaired) electrons. The third-order valence-corrected chi connectivity index (χ3v) is 2.78. The molecule has 0 saturated carbocycles. The van der Waals surface area contributed by atoms with E-state index in [4.69, 9.17) is 4.74 Å². The van der Waals surface area contributed by atoms with Gasteiger partial charge in [-0.3, -0.25) is 4.79 Å². The Labute approximate surface area is 98.1 Å². The summed E-state index contributed by atoms with van der Waals surface area (Å²) in [5.41, 5.74) is 0. The van der Waals surface area contributed by atoms with E-state index in [1.807, 2.05) is 6.92 Å². The Balaban J connectivity index is 2.14. The summed E-state index contributed by atoms with van der Waals surface area (Å²) in [6.07, 6.45) is 4.61. The minimum absolute atomic E-state index is 0.0821. The molecule has 3 nitrogen and oxygen atoms in total. The number of quaternary nitrogens is 1. The topological polar surface area (TPSA) is 30.7 Å². The molecule has 0 amide bonds. The molecule has 90 valence electrons. The van der Waals surface area contributed by atoms with Crippen LogP contribution in [0.4, 0.5) is 0 Å². The summed E-state index contributed by atoms with van der Waals surface area (Å²) in [6.45, 7) is 6.76. The lowest BCUT2D eigenvalue weighted by atomic mass is 10.1. The van der Waals surface area contributed by atoms with Crippen molar-refractivity contribution in [2.75, 3.05) is 19.6 Å². The molecule has 0 unspecified atom stereocenters. The van der Waals surface area contributed by atoms with Crippen molar-refractivity contribution in [1.29, 1.82) is 0 Å². The van der Waals surface area contributed by atoms with Crippen LogP contribution < -0.4 is 4.90 Å². The summed E-state index contributed by atoms with van der Waals surface area (Å²) in [5, 5.41) is 0. The first-order valence-corrected chi connectivity index (χ1v) is 6.15. The molecular formula is C13H22NO2+. The first-order valence-electron chi connectivity index (χ1n) is 6.15. The van der Waals surface area contributed by atoms with Crippen LogP contribution in [0.5, 0.6) is 0 Å². The van der Waals surface area contributed by atoms with Gasteiger partial charge in [-0.1, -0.05) is 5.92 Å². The quantitative estimate of drug-likeness (QED) is 0.556. The predicted molar refractivity (Wildman–Crippen MR) is 63.0 cm³/mol. The standard InChI is InChI=1S/C13H21NO2/c1-12(16-13(2)15)8-4-7-11-14-9-5-3-6-10-14/h12H,3,5-6,8-11H2,1-2H3/p+1/t12-/m0/s1. The van der Waals surface area contributed by atoms with Crippen molar-refractivity contribution in [1.82, 2.24) is 0 Å². The van der Waals surface area contributed by atoms with Gasteiger partial charge in [-0.15, -0.1) is 0 Å². The molecular weight excluding hydrogens is 202 g/mol. The zero-order valence-electron chi connectivity index (χ0n) is 10.3. The predicted octanol–water partition coefficient (Wildman–Crippen LogP) is 0.400. The maximum absolute atomic E-state index is 10.7. The number of esters is 1. The maximum Gasteiger partial charge on any atom is 0.302 e. The Kier molecular flexibility index (Phi) is 5.95. The maximum atomic E-state index is 10.7. The van der Waals surface area contributed by atoms with Gasteiger partial charge in [-0.2, -0.15) is 0 Å². The molecule has 0 aromatic rings. The molecule has 1 saturated heterocycles. The van der Waals surface area contributed by atoms with Crippen LogP contribution >= 0.6 is 0 Å². The molecule has 0 aromatic heterocycles. The van der Waals surface area contributed by atoms with Crippen LogP contribution in [0.25, 0.3) is 0 Å². The number of likely N-dealkylation sites (tertiary alicyclic amines) is 1. The Morgan fingerprint density at radius 3 is 2.62 bits per heavy atom. The summed E-state index contributed by atoms with van der Waals surface area (Å²) >= 11 is 0. The van der Waals surface area contributed by atoms with Gasteiger partial charge >= 0.3 is 5.97 Å². The summed E-state index contributed by atoms with van der Waals surface area (Å²) in [6, 6.07) is 0. The van der Waals surface area contributed by atoms with Crippen LogP contribution in [0.15, 0.2) is 0 Å².